The van der Waals surface area contributed by atoms with Crippen molar-refractivity contribution >= 4 is 11.7 Å². The summed E-state index contributed by atoms with van der Waals surface area (Å²) in [5.41, 5.74) is 0.236. The van der Waals surface area contributed by atoms with Crippen LogP contribution < -0.4 is 5.32 Å². The van der Waals surface area contributed by atoms with Crippen molar-refractivity contribution in [3.8, 4) is 0 Å². The van der Waals surface area contributed by atoms with Gasteiger partial charge in [0.25, 0.3) is 0 Å². The zero-order valence-corrected chi connectivity index (χ0v) is 15.6. The zero-order chi connectivity index (χ0) is 18.7. The van der Waals surface area contributed by atoms with Crippen LogP contribution in [0.1, 0.15) is 50.7 Å². The summed E-state index contributed by atoms with van der Waals surface area (Å²) in [4.78, 5) is 26.4. The lowest BCUT2D eigenvalue weighted by Gasteiger charge is -2.53. The molecule has 5 heteroatoms. The maximum atomic E-state index is 13.9. The third-order valence-electron chi connectivity index (χ3n) is 7.28. The molecule has 4 rings (SSSR count). The summed E-state index contributed by atoms with van der Waals surface area (Å²) in [5, 5.41) is 3.14. The van der Waals surface area contributed by atoms with E-state index in [-0.39, 0.29) is 40.9 Å². The van der Waals surface area contributed by atoms with Crippen molar-refractivity contribution in [1.29, 1.82) is 0 Å². The van der Waals surface area contributed by atoms with Crippen LogP contribution in [0.3, 0.4) is 0 Å². The highest BCUT2D eigenvalue weighted by atomic mass is 19.1. The van der Waals surface area contributed by atoms with Gasteiger partial charge in [-0.2, -0.15) is 0 Å². The Morgan fingerprint density at radius 3 is 2.50 bits per heavy atom. The van der Waals surface area contributed by atoms with E-state index >= 15 is 0 Å². The highest BCUT2D eigenvalue weighted by Gasteiger charge is 2.66. The molecule has 3 aliphatic rings. The van der Waals surface area contributed by atoms with Crippen LogP contribution in [0.2, 0.25) is 0 Å². The van der Waals surface area contributed by atoms with Crippen molar-refractivity contribution in [2.24, 2.45) is 17.3 Å². The smallest absolute Gasteiger partial charge is 0.224 e. The molecule has 26 heavy (non-hydrogen) atoms. The largest absolute Gasteiger partial charge is 0.381 e. The van der Waals surface area contributed by atoms with E-state index < -0.39 is 5.54 Å². The van der Waals surface area contributed by atoms with Crippen molar-refractivity contribution in [2.75, 3.05) is 7.11 Å². The van der Waals surface area contributed by atoms with Gasteiger partial charge in [-0.05, 0) is 55.4 Å². The lowest BCUT2D eigenvalue weighted by atomic mass is 9.56. The fourth-order valence-corrected chi connectivity index (χ4v) is 5.54. The second kappa shape index (κ2) is 5.88. The molecule has 0 aromatic heterocycles. The number of piperidine rings is 1. The van der Waals surface area contributed by atoms with Gasteiger partial charge in [0, 0.05) is 24.4 Å². The molecule has 1 aromatic carbocycles. The Hall–Kier alpha value is -1.75. The fraction of sp³-hybridized carbons (Fsp3) is 0.619. The molecule has 4 nitrogen and oxygen atoms in total. The van der Waals surface area contributed by atoms with Crippen LogP contribution in [0.25, 0.3) is 0 Å². The molecule has 1 aliphatic heterocycles. The number of hydrogen-bond acceptors (Lipinski definition) is 3. The first kappa shape index (κ1) is 17.7. The first-order chi connectivity index (χ1) is 12.3. The Bertz CT molecular complexity index is 769. The average Bonchev–Trinajstić information content (AvgIpc) is 2.88. The molecule has 140 valence electrons. The molecule has 0 bridgehead atoms. The van der Waals surface area contributed by atoms with Crippen molar-refractivity contribution < 1.29 is 18.7 Å². The number of rotatable bonds is 1. The number of ketones is 1. The third kappa shape index (κ3) is 2.16. The van der Waals surface area contributed by atoms with Crippen LogP contribution in [0, 0.1) is 23.1 Å². The second-order valence-electron chi connectivity index (χ2n) is 8.37. The molecule has 1 amide bonds. The van der Waals surface area contributed by atoms with Gasteiger partial charge in [0.05, 0.1) is 6.10 Å². The Morgan fingerprint density at radius 2 is 1.85 bits per heavy atom. The Kier molecular flexibility index (Phi) is 3.99. The topological polar surface area (TPSA) is 55.4 Å². The number of amides is 1. The van der Waals surface area contributed by atoms with E-state index in [1.807, 2.05) is 6.92 Å². The molecule has 3 unspecified atom stereocenters. The maximum Gasteiger partial charge on any atom is 0.224 e. The van der Waals surface area contributed by atoms with Crippen molar-refractivity contribution in [3.63, 3.8) is 0 Å². The minimum absolute atomic E-state index is 0.0748. The molecule has 0 radical (unpaired) electrons. The maximum absolute atomic E-state index is 13.9. The second-order valence-corrected chi connectivity index (χ2v) is 8.37. The SMILES string of the molecule is COC1CCC2(CC1)Cc1cc(F)ccc1C21NC(=O)C(C)C(C)C1=O. The van der Waals surface area contributed by atoms with Gasteiger partial charge >= 0.3 is 0 Å². The van der Waals surface area contributed by atoms with Gasteiger partial charge in [0.15, 0.2) is 5.78 Å². The molecule has 1 aromatic rings. The number of methoxy groups -OCH3 is 1. The molecule has 1 saturated heterocycles. The molecule has 2 spiro atoms. The van der Waals surface area contributed by atoms with Gasteiger partial charge in [-0.3, -0.25) is 9.59 Å². The van der Waals surface area contributed by atoms with E-state index in [0.717, 1.165) is 36.8 Å². The van der Waals surface area contributed by atoms with Crippen LogP contribution in [-0.4, -0.2) is 24.9 Å². The number of nitrogens with one attached hydrogen (secondary N) is 1. The van der Waals surface area contributed by atoms with Crippen molar-refractivity contribution in [1.82, 2.24) is 5.32 Å². The molecule has 1 N–H and O–H groups in total. The number of fused-ring (bicyclic) bond motifs is 3. The van der Waals surface area contributed by atoms with Crippen LogP contribution in [0.4, 0.5) is 4.39 Å². The quantitative estimate of drug-likeness (QED) is 0.838. The van der Waals surface area contributed by atoms with E-state index in [1.54, 1.807) is 20.1 Å². The van der Waals surface area contributed by atoms with E-state index in [2.05, 4.69) is 5.32 Å². The fourth-order valence-electron chi connectivity index (χ4n) is 5.54. The van der Waals surface area contributed by atoms with Gasteiger partial charge in [0.2, 0.25) is 5.91 Å². The first-order valence-corrected chi connectivity index (χ1v) is 9.53. The number of halogens is 1. The third-order valence-corrected chi connectivity index (χ3v) is 7.28. The van der Waals surface area contributed by atoms with Crippen molar-refractivity contribution in [2.45, 2.75) is 57.6 Å². The molecule has 2 aliphatic carbocycles. The van der Waals surface area contributed by atoms with Gasteiger partial charge in [0.1, 0.15) is 11.4 Å². The van der Waals surface area contributed by atoms with E-state index in [9.17, 15) is 14.0 Å². The Labute approximate surface area is 153 Å². The molecular weight excluding hydrogens is 333 g/mol. The molecule has 3 atom stereocenters. The predicted molar refractivity (Wildman–Crippen MR) is 95.0 cm³/mol. The number of Topliss-reactive ketones (excluding diaryl/α,β-unsaturated/α-hetero) is 1. The summed E-state index contributed by atoms with van der Waals surface area (Å²) in [6, 6.07) is 4.65. The molecule has 2 fully saturated rings. The highest BCUT2D eigenvalue weighted by molar-refractivity contribution is 6.03. The Morgan fingerprint density at radius 1 is 1.15 bits per heavy atom. The Balaban J connectivity index is 1.88. The zero-order valence-electron chi connectivity index (χ0n) is 15.6. The van der Waals surface area contributed by atoms with Gasteiger partial charge in [-0.1, -0.05) is 19.9 Å². The average molecular weight is 359 g/mol. The van der Waals surface area contributed by atoms with Crippen molar-refractivity contribution in [3.05, 3.63) is 35.1 Å². The molecule has 1 heterocycles. The summed E-state index contributed by atoms with van der Waals surface area (Å²) < 4.78 is 19.4. The first-order valence-electron chi connectivity index (χ1n) is 9.53. The van der Waals surface area contributed by atoms with Crippen LogP contribution in [0.5, 0.6) is 0 Å². The highest BCUT2D eigenvalue weighted by Crippen LogP contribution is 2.60. The normalized spacial score (nSPS) is 39.3. The number of carbonyl (C=O) groups excluding carboxylic acids is 2. The number of benzene rings is 1. The van der Waals surface area contributed by atoms with Crippen LogP contribution >= 0.6 is 0 Å². The standard InChI is InChI=1S/C21H26FNO3/c1-12-13(2)19(25)23-21(18(12)24)17-5-4-15(22)10-14(17)11-20(21)8-6-16(26-3)7-9-20/h4-5,10,12-13,16H,6-9,11H2,1-3H3,(H,23,25). The lowest BCUT2D eigenvalue weighted by molar-refractivity contribution is -0.154. The molecular formula is C21H26FNO3. The summed E-state index contributed by atoms with van der Waals surface area (Å²) in [7, 11) is 1.72. The number of ether oxygens (including phenoxy) is 1. The summed E-state index contributed by atoms with van der Waals surface area (Å²) in [6.45, 7) is 3.66. The number of carbonyl (C=O) groups is 2. The number of hydrogen-bond donors (Lipinski definition) is 1. The summed E-state index contributed by atoms with van der Waals surface area (Å²) in [5.74, 6) is -0.993. The van der Waals surface area contributed by atoms with Gasteiger partial charge < -0.3 is 10.1 Å². The monoisotopic (exact) mass is 359 g/mol. The lowest BCUT2D eigenvalue weighted by Crippen LogP contribution is -2.67. The van der Waals surface area contributed by atoms with Crippen LogP contribution in [0.15, 0.2) is 18.2 Å². The molecule has 1 saturated carbocycles. The minimum Gasteiger partial charge on any atom is -0.381 e. The van der Waals surface area contributed by atoms with Gasteiger partial charge in [-0.25, -0.2) is 4.39 Å². The van der Waals surface area contributed by atoms with E-state index in [4.69, 9.17) is 4.74 Å². The summed E-state index contributed by atoms with van der Waals surface area (Å²) in [6.07, 6.45) is 4.08. The van der Waals surface area contributed by atoms with Gasteiger partial charge in [-0.15, -0.1) is 0 Å². The minimum atomic E-state index is -1.03. The van der Waals surface area contributed by atoms with E-state index in [1.165, 1.54) is 12.1 Å². The van der Waals surface area contributed by atoms with Crippen LogP contribution in [-0.2, 0) is 26.3 Å². The predicted octanol–water partition coefficient (Wildman–Crippen LogP) is 3.12. The van der Waals surface area contributed by atoms with E-state index in [0.29, 0.717) is 6.42 Å². The summed E-state index contributed by atoms with van der Waals surface area (Å²) >= 11 is 0.